The Morgan fingerprint density at radius 1 is 1.07 bits per heavy atom. The van der Waals surface area contributed by atoms with Crippen LogP contribution in [0.25, 0.3) is 16.6 Å². The summed E-state index contributed by atoms with van der Waals surface area (Å²) in [6.07, 6.45) is 4.48. The van der Waals surface area contributed by atoms with Gasteiger partial charge < -0.3 is 5.32 Å². The molecule has 5 nitrogen and oxygen atoms in total. The maximum atomic E-state index is 13.2. The number of hydrogen-bond donors (Lipinski definition) is 1. The maximum Gasteiger partial charge on any atom is 0.266 e. The lowest BCUT2D eigenvalue weighted by Crippen LogP contribution is -2.27. The first kappa shape index (κ1) is 21.1. The van der Waals surface area contributed by atoms with Gasteiger partial charge in [0.15, 0.2) is 5.16 Å². The maximum absolute atomic E-state index is 13.2. The van der Waals surface area contributed by atoms with Crippen LogP contribution in [0.4, 0.5) is 0 Å². The summed E-state index contributed by atoms with van der Waals surface area (Å²) < 4.78 is 1.60. The highest BCUT2D eigenvalue weighted by Gasteiger charge is 2.14. The molecule has 3 aromatic rings. The second kappa shape index (κ2) is 10.3. The van der Waals surface area contributed by atoms with E-state index >= 15 is 0 Å². The molecule has 1 aromatic heterocycles. The van der Waals surface area contributed by atoms with Gasteiger partial charge in [-0.15, -0.1) is 0 Å². The number of carbonyl (C=O) groups is 1. The van der Waals surface area contributed by atoms with Crippen LogP contribution in [-0.2, 0) is 4.79 Å². The van der Waals surface area contributed by atoms with E-state index in [0.717, 1.165) is 24.1 Å². The molecule has 0 aliphatic carbocycles. The third kappa shape index (κ3) is 5.48. The molecule has 29 heavy (non-hydrogen) atoms. The fraction of sp³-hybridized carbons (Fsp3) is 0.348. The summed E-state index contributed by atoms with van der Waals surface area (Å²) in [5.74, 6) is 0.189. The average Bonchev–Trinajstić information content (AvgIpc) is 2.73. The van der Waals surface area contributed by atoms with E-state index in [-0.39, 0.29) is 17.2 Å². The van der Waals surface area contributed by atoms with Crippen molar-refractivity contribution in [2.45, 2.75) is 44.7 Å². The van der Waals surface area contributed by atoms with Gasteiger partial charge in [0.2, 0.25) is 5.91 Å². The number of aryl methyl sites for hydroxylation is 1. The summed E-state index contributed by atoms with van der Waals surface area (Å²) in [4.78, 5) is 30.1. The highest BCUT2D eigenvalue weighted by atomic mass is 32.2. The Morgan fingerprint density at radius 3 is 2.59 bits per heavy atom. The van der Waals surface area contributed by atoms with Crippen LogP contribution < -0.4 is 10.9 Å². The van der Waals surface area contributed by atoms with Crippen LogP contribution in [0.15, 0.2) is 58.5 Å². The highest BCUT2D eigenvalue weighted by molar-refractivity contribution is 7.99. The number of carbonyl (C=O) groups excluding carboxylic acids is 1. The SMILES string of the molecule is CCCCCCNC(=O)CSc1nc2ccccc2c(=O)n1-c1ccc(C)cc1. The number of rotatable bonds is 9. The molecule has 0 aliphatic heterocycles. The number of para-hydroxylation sites is 1. The molecule has 1 N–H and O–H groups in total. The molecule has 152 valence electrons. The van der Waals surface area contributed by atoms with Crippen molar-refractivity contribution in [2.75, 3.05) is 12.3 Å². The molecule has 0 atom stereocenters. The number of nitrogens with one attached hydrogen (secondary N) is 1. The zero-order chi connectivity index (χ0) is 20.6. The number of aromatic nitrogens is 2. The van der Waals surface area contributed by atoms with Crippen molar-refractivity contribution in [3.63, 3.8) is 0 Å². The summed E-state index contributed by atoms with van der Waals surface area (Å²) in [7, 11) is 0. The van der Waals surface area contributed by atoms with Crippen molar-refractivity contribution >= 4 is 28.6 Å². The molecule has 0 saturated carbocycles. The Bertz CT molecular complexity index is 1030. The number of fused-ring (bicyclic) bond motifs is 1. The van der Waals surface area contributed by atoms with E-state index in [9.17, 15) is 9.59 Å². The molecule has 6 heteroatoms. The standard InChI is InChI=1S/C23H27N3O2S/c1-3-4-5-8-15-24-21(27)16-29-23-25-20-10-7-6-9-19(20)22(28)26(23)18-13-11-17(2)12-14-18/h6-7,9-14H,3-5,8,15-16H2,1-2H3,(H,24,27). The molecule has 2 aromatic carbocycles. The molecule has 1 heterocycles. The first-order valence-electron chi connectivity index (χ1n) is 10.1. The van der Waals surface area contributed by atoms with Crippen molar-refractivity contribution in [3.8, 4) is 5.69 Å². The molecule has 0 spiro atoms. The van der Waals surface area contributed by atoms with Crippen LogP contribution >= 0.6 is 11.8 Å². The summed E-state index contributed by atoms with van der Waals surface area (Å²) >= 11 is 1.29. The topological polar surface area (TPSA) is 64.0 Å². The van der Waals surface area contributed by atoms with Gasteiger partial charge in [-0.1, -0.05) is 67.8 Å². The molecule has 0 saturated heterocycles. The molecule has 0 radical (unpaired) electrons. The summed E-state index contributed by atoms with van der Waals surface area (Å²) in [6.45, 7) is 4.86. The van der Waals surface area contributed by atoms with Gasteiger partial charge in [0.1, 0.15) is 0 Å². The lowest BCUT2D eigenvalue weighted by molar-refractivity contribution is -0.118. The van der Waals surface area contributed by atoms with Gasteiger partial charge in [-0.2, -0.15) is 0 Å². The normalized spacial score (nSPS) is 11.0. The van der Waals surface area contributed by atoms with Crippen LogP contribution in [0.2, 0.25) is 0 Å². The summed E-state index contributed by atoms with van der Waals surface area (Å²) in [5.41, 5.74) is 2.39. The van der Waals surface area contributed by atoms with Crippen LogP contribution in [0.3, 0.4) is 0 Å². The number of unbranched alkanes of at least 4 members (excludes halogenated alkanes) is 3. The van der Waals surface area contributed by atoms with Gasteiger partial charge in [-0.05, 0) is 37.6 Å². The predicted octanol–water partition coefficient (Wildman–Crippen LogP) is 4.48. The Morgan fingerprint density at radius 2 is 1.83 bits per heavy atom. The van der Waals surface area contributed by atoms with Crippen LogP contribution in [0.5, 0.6) is 0 Å². The van der Waals surface area contributed by atoms with Crippen molar-refractivity contribution in [2.24, 2.45) is 0 Å². The Kier molecular flexibility index (Phi) is 7.47. The lowest BCUT2D eigenvalue weighted by Gasteiger charge is -2.13. The van der Waals surface area contributed by atoms with Crippen LogP contribution in [-0.4, -0.2) is 27.8 Å². The molecule has 0 unspecified atom stereocenters. The van der Waals surface area contributed by atoms with Crippen molar-refractivity contribution in [3.05, 3.63) is 64.4 Å². The van der Waals surface area contributed by atoms with E-state index in [1.54, 1.807) is 10.6 Å². The monoisotopic (exact) mass is 409 g/mol. The Balaban J connectivity index is 1.82. The Hall–Kier alpha value is -2.60. The van der Waals surface area contributed by atoms with E-state index in [1.807, 2.05) is 49.4 Å². The van der Waals surface area contributed by atoms with Gasteiger partial charge in [0, 0.05) is 6.54 Å². The number of hydrogen-bond acceptors (Lipinski definition) is 4. The molecule has 0 aliphatic rings. The van der Waals surface area contributed by atoms with Gasteiger partial charge in [0.05, 0.1) is 22.3 Å². The lowest BCUT2D eigenvalue weighted by atomic mass is 10.2. The van der Waals surface area contributed by atoms with Gasteiger partial charge in [0.25, 0.3) is 5.56 Å². The largest absolute Gasteiger partial charge is 0.355 e. The highest BCUT2D eigenvalue weighted by Crippen LogP contribution is 2.21. The minimum Gasteiger partial charge on any atom is -0.355 e. The number of benzene rings is 2. The smallest absolute Gasteiger partial charge is 0.266 e. The van der Waals surface area contributed by atoms with Gasteiger partial charge >= 0.3 is 0 Å². The van der Waals surface area contributed by atoms with Gasteiger partial charge in [-0.3, -0.25) is 14.2 Å². The molecular formula is C23H27N3O2S. The van der Waals surface area contributed by atoms with Gasteiger partial charge in [-0.25, -0.2) is 4.98 Å². The molecular weight excluding hydrogens is 382 g/mol. The molecule has 3 rings (SSSR count). The van der Waals surface area contributed by atoms with Crippen molar-refractivity contribution < 1.29 is 4.79 Å². The first-order chi connectivity index (χ1) is 14.1. The van der Waals surface area contributed by atoms with E-state index < -0.39 is 0 Å². The quantitative estimate of drug-likeness (QED) is 0.321. The predicted molar refractivity (Wildman–Crippen MR) is 120 cm³/mol. The first-order valence-corrected chi connectivity index (χ1v) is 11.1. The zero-order valence-corrected chi connectivity index (χ0v) is 17.8. The average molecular weight is 410 g/mol. The number of amides is 1. The van der Waals surface area contributed by atoms with Crippen molar-refractivity contribution in [1.29, 1.82) is 0 Å². The van der Waals surface area contributed by atoms with E-state index in [1.165, 1.54) is 24.6 Å². The minimum atomic E-state index is -0.123. The summed E-state index contributed by atoms with van der Waals surface area (Å²) in [5, 5.41) is 4.05. The zero-order valence-electron chi connectivity index (χ0n) is 17.0. The van der Waals surface area contributed by atoms with E-state index in [4.69, 9.17) is 0 Å². The minimum absolute atomic E-state index is 0.0376. The number of thioether (sulfide) groups is 1. The third-order valence-electron chi connectivity index (χ3n) is 4.72. The Labute approximate surface area is 175 Å². The van der Waals surface area contributed by atoms with Crippen LogP contribution in [0, 0.1) is 6.92 Å². The number of nitrogens with zero attached hydrogens (tertiary/aromatic N) is 2. The van der Waals surface area contributed by atoms with Crippen molar-refractivity contribution in [1.82, 2.24) is 14.9 Å². The van der Waals surface area contributed by atoms with E-state index in [2.05, 4.69) is 17.2 Å². The third-order valence-corrected chi connectivity index (χ3v) is 5.66. The second-order valence-corrected chi connectivity index (χ2v) is 8.03. The summed E-state index contributed by atoms with van der Waals surface area (Å²) in [6, 6.07) is 15.1. The molecule has 1 amide bonds. The fourth-order valence-corrected chi connectivity index (χ4v) is 3.93. The van der Waals surface area contributed by atoms with E-state index in [0.29, 0.717) is 22.6 Å². The molecule has 0 bridgehead atoms. The second-order valence-electron chi connectivity index (χ2n) is 7.09. The molecule has 0 fully saturated rings. The fourth-order valence-electron chi connectivity index (χ4n) is 3.09. The van der Waals surface area contributed by atoms with Crippen LogP contribution in [0.1, 0.15) is 38.2 Å².